The van der Waals surface area contributed by atoms with Crippen LogP contribution in [0.15, 0.2) is 48.7 Å². The highest BCUT2D eigenvalue weighted by atomic mass is 19.4. The van der Waals surface area contributed by atoms with Crippen LogP contribution < -0.4 is 14.8 Å². The minimum Gasteiger partial charge on any atom is -0.488 e. The van der Waals surface area contributed by atoms with Gasteiger partial charge in [0.25, 0.3) is 0 Å². The van der Waals surface area contributed by atoms with Gasteiger partial charge in [0, 0.05) is 22.9 Å². The zero-order valence-corrected chi connectivity index (χ0v) is 17.7. The topological polar surface area (TPSA) is 43.4 Å². The van der Waals surface area contributed by atoms with Gasteiger partial charge in [-0.25, -0.2) is 9.37 Å². The summed E-state index contributed by atoms with van der Waals surface area (Å²) >= 11 is 0. The molecule has 1 fully saturated rings. The minimum atomic E-state index is -4.40. The number of pyridine rings is 1. The van der Waals surface area contributed by atoms with Gasteiger partial charge in [-0.15, -0.1) is 0 Å². The number of halogens is 4. The first-order valence-corrected chi connectivity index (χ1v) is 10.9. The normalized spacial score (nSPS) is 15.8. The van der Waals surface area contributed by atoms with Crippen LogP contribution in [0, 0.1) is 5.82 Å². The van der Waals surface area contributed by atoms with Gasteiger partial charge >= 0.3 is 6.18 Å². The molecular formula is C25H22F4N2O2. The quantitative estimate of drug-likeness (QED) is 0.440. The highest BCUT2D eigenvalue weighted by molar-refractivity contribution is 5.71. The number of rotatable bonds is 5. The molecule has 8 heteroatoms. The van der Waals surface area contributed by atoms with Crippen LogP contribution in [-0.2, 0) is 12.8 Å². The Morgan fingerprint density at radius 1 is 1.09 bits per heavy atom. The zero-order valence-electron chi connectivity index (χ0n) is 17.7. The van der Waals surface area contributed by atoms with Crippen LogP contribution in [0.3, 0.4) is 0 Å². The molecule has 5 rings (SSSR count). The first-order valence-electron chi connectivity index (χ1n) is 10.9. The lowest BCUT2D eigenvalue weighted by atomic mass is 9.79. The number of hydrogen-bond acceptors (Lipinski definition) is 4. The number of anilines is 1. The zero-order chi connectivity index (χ0) is 23.0. The molecule has 2 aromatic carbocycles. The number of fused-ring (bicyclic) bond motifs is 1. The number of benzene rings is 2. The van der Waals surface area contributed by atoms with Gasteiger partial charge in [0.2, 0.25) is 0 Å². The van der Waals surface area contributed by atoms with Crippen LogP contribution in [0.2, 0.25) is 0 Å². The smallest absolute Gasteiger partial charge is 0.416 e. The van der Waals surface area contributed by atoms with Crippen LogP contribution >= 0.6 is 0 Å². The molecule has 4 nitrogen and oxygen atoms in total. The summed E-state index contributed by atoms with van der Waals surface area (Å²) in [4.78, 5) is 4.34. The van der Waals surface area contributed by atoms with E-state index in [1.807, 2.05) is 6.07 Å². The Morgan fingerprint density at radius 2 is 1.88 bits per heavy atom. The van der Waals surface area contributed by atoms with E-state index in [0.29, 0.717) is 41.4 Å². The van der Waals surface area contributed by atoms with E-state index in [0.717, 1.165) is 37.0 Å². The summed E-state index contributed by atoms with van der Waals surface area (Å²) in [7, 11) is 0. The molecule has 0 atom stereocenters. The van der Waals surface area contributed by atoms with Crippen LogP contribution in [0.25, 0.3) is 11.1 Å². The molecular weight excluding hydrogens is 436 g/mol. The van der Waals surface area contributed by atoms with Crippen LogP contribution in [-0.4, -0.2) is 18.1 Å². The molecule has 172 valence electrons. The largest absolute Gasteiger partial charge is 0.488 e. The maximum Gasteiger partial charge on any atom is 0.416 e. The van der Waals surface area contributed by atoms with Crippen molar-refractivity contribution in [1.82, 2.24) is 4.98 Å². The molecule has 0 unspecified atom stereocenters. The van der Waals surface area contributed by atoms with Crippen molar-refractivity contribution >= 4 is 5.82 Å². The maximum absolute atomic E-state index is 15.7. The fourth-order valence-corrected chi connectivity index (χ4v) is 4.09. The van der Waals surface area contributed by atoms with E-state index in [4.69, 9.17) is 9.47 Å². The Kier molecular flexibility index (Phi) is 5.60. The SMILES string of the molecule is Fc1c(-c2cnc3c(c2)OCCN3)ccc(C2CCC2)c1OCc1ccc(C(F)(F)F)cc1. The summed E-state index contributed by atoms with van der Waals surface area (Å²) in [5.41, 5.74) is 1.49. The standard InChI is InChI=1S/C25H22F4N2O2/c26-22-19(17-12-21-24(31-13-17)30-10-11-32-21)8-9-20(16-2-1-3-16)23(22)33-14-15-4-6-18(7-5-15)25(27,28)29/h4-9,12-13,16H,1-3,10-11,14H2,(H,30,31). The van der Waals surface area contributed by atoms with Crippen molar-refractivity contribution in [1.29, 1.82) is 0 Å². The van der Waals surface area contributed by atoms with E-state index in [1.54, 1.807) is 18.3 Å². The minimum absolute atomic E-state index is 0.0340. The van der Waals surface area contributed by atoms with E-state index in [2.05, 4.69) is 10.3 Å². The molecule has 0 bridgehead atoms. The number of nitrogens with one attached hydrogen (secondary N) is 1. The number of alkyl halides is 3. The van der Waals surface area contributed by atoms with Gasteiger partial charge in [0.15, 0.2) is 23.1 Å². The van der Waals surface area contributed by atoms with Gasteiger partial charge in [0.1, 0.15) is 13.2 Å². The molecule has 2 aliphatic rings. The molecule has 1 saturated carbocycles. The highest BCUT2D eigenvalue weighted by Gasteiger charge is 2.30. The average Bonchev–Trinajstić information content (AvgIpc) is 2.77. The van der Waals surface area contributed by atoms with Crippen molar-refractivity contribution in [3.05, 3.63) is 71.2 Å². The van der Waals surface area contributed by atoms with Crippen molar-refractivity contribution in [3.8, 4) is 22.6 Å². The lowest BCUT2D eigenvalue weighted by molar-refractivity contribution is -0.137. The first-order chi connectivity index (χ1) is 15.9. The predicted molar refractivity (Wildman–Crippen MR) is 116 cm³/mol. The average molecular weight is 458 g/mol. The van der Waals surface area contributed by atoms with E-state index >= 15 is 4.39 Å². The Bertz CT molecular complexity index is 1160. The second-order valence-corrected chi connectivity index (χ2v) is 8.30. The third-order valence-corrected chi connectivity index (χ3v) is 6.15. The summed E-state index contributed by atoms with van der Waals surface area (Å²) in [6.45, 7) is 1.13. The summed E-state index contributed by atoms with van der Waals surface area (Å²) in [6.07, 6.45) is 0.164. The first kappa shape index (κ1) is 21.6. The molecule has 0 saturated heterocycles. The highest BCUT2D eigenvalue weighted by Crippen LogP contribution is 2.44. The Morgan fingerprint density at radius 3 is 2.58 bits per heavy atom. The molecule has 1 aliphatic heterocycles. The van der Waals surface area contributed by atoms with Crippen molar-refractivity contribution in [2.75, 3.05) is 18.5 Å². The van der Waals surface area contributed by atoms with Gasteiger partial charge in [-0.2, -0.15) is 13.2 Å². The number of hydrogen-bond donors (Lipinski definition) is 1. The Balaban J connectivity index is 1.45. The predicted octanol–water partition coefficient (Wildman–Crippen LogP) is 6.56. The summed E-state index contributed by atoms with van der Waals surface area (Å²) in [5.74, 6) is 1.04. The Hall–Kier alpha value is -3.29. The third-order valence-electron chi connectivity index (χ3n) is 6.15. The fourth-order valence-electron chi connectivity index (χ4n) is 4.09. The summed E-state index contributed by atoms with van der Waals surface area (Å²) in [6, 6.07) is 10.1. The molecule has 1 aliphatic carbocycles. The fraction of sp³-hybridized carbons (Fsp3) is 0.320. The van der Waals surface area contributed by atoms with Gasteiger partial charge in [-0.3, -0.25) is 0 Å². The number of nitrogens with zero attached hydrogens (tertiary/aromatic N) is 1. The molecule has 1 N–H and O–H groups in total. The second kappa shape index (κ2) is 8.57. The number of aromatic nitrogens is 1. The van der Waals surface area contributed by atoms with Crippen LogP contribution in [0.5, 0.6) is 11.5 Å². The molecule has 3 aromatic rings. The van der Waals surface area contributed by atoms with Gasteiger partial charge in [-0.1, -0.05) is 30.7 Å². The second-order valence-electron chi connectivity index (χ2n) is 8.30. The molecule has 2 heterocycles. The summed E-state index contributed by atoms with van der Waals surface area (Å²) < 4.78 is 65.7. The van der Waals surface area contributed by atoms with Crippen molar-refractivity contribution in [2.24, 2.45) is 0 Å². The van der Waals surface area contributed by atoms with Crippen LogP contribution in [0.4, 0.5) is 23.4 Å². The third kappa shape index (κ3) is 4.34. The van der Waals surface area contributed by atoms with E-state index in [1.165, 1.54) is 12.1 Å². The Labute approximate surface area is 188 Å². The lowest BCUT2D eigenvalue weighted by Gasteiger charge is -2.28. The van der Waals surface area contributed by atoms with Crippen molar-refractivity contribution < 1.29 is 27.0 Å². The molecule has 0 amide bonds. The maximum atomic E-state index is 15.7. The van der Waals surface area contributed by atoms with Gasteiger partial charge in [-0.05, 0) is 42.5 Å². The van der Waals surface area contributed by atoms with Crippen LogP contribution in [0.1, 0.15) is 41.9 Å². The van der Waals surface area contributed by atoms with E-state index < -0.39 is 17.6 Å². The van der Waals surface area contributed by atoms with Crippen molar-refractivity contribution in [2.45, 2.75) is 38.0 Å². The van der Waals surface area contributed by atoms with E-state index in [9.17, 15) is 13.2 Å². The molecule has 33 heavy (non-hydrogen) atoms. The molecule has 1 aromatic heterocycles. The number of ether oxygens (including phenoxy) is 2. The van der Waals surface area contributed by atoms with Gasteiger partial charge in [0.05, 0.1) is 12.1 Å². The molecule has 0 spiro atoms. The molecule has 0 radical (unpaired) electrons. The van der Waals surface area contributed by atoms with E-state index in [-0.39, 0.29) is 18.3 Å². The lowest BCUT2D eigenvalue weighted by Crippen LogP contribution is -2.19. The van der Waals surface area contributed by atoms with Gasteiger partial charge < -0.3 is 14.8 Å². The van der Waals surface area contributed by atoms with Crippen molar-refractivity contribution in [3.63, 3.8) is 0 Å². The summed E-state index contributed by atoms with van der Waals surface area (Å²) in [5, 5.41) is 3.13. The monoisotopic (exact) mass is 458 g/mol.